The van der Waals surface area contributed by atoms with Crippen molar-refractivity contribution in [3.63, 3.8) is 0 Å². The highest BCUT2D eigenvalue weighted by molar-refractivity contribution is 5.67. The van der Waals surface area contributed by atoms with Gasteiger partial charge >= 0.3 is 0 Å². The summed E-state index contributed by atoms with van der Waals surface area (Å²) in [6, 6.07) is 19.8. The van der Waals surface area contributed by atoms with Gasteiger partial charge in [-0.2, -0.15) is 0 Å². The number of rotatable bonds is 6. The summed E-state index contributed by atoms with van der Waals surface area (Å²) in [6.45, 7) is 4.24. The van der Waals surface area contributed by atoms with E-state index in [9.17, 15) is 0 Å². The summed E-state index contributed by atoms with van der Waals surface area (Å²) in [4.78, 5) is 9.25. The summed E-state index contributed by atoms with van der Waals surface area (Å²) < 4.78 is 25.0. The third kappa shape index (κ3) is 5.42. The van der Waals surface area contributed by atoms with E-state index < -0.39 is 0 Å². The molecule has 4 heterocycles. The number of hydrogen-bond donors (Lipinski definition) is 0. The lowest BCUT2D eigenvalue weighted by atomic mass is 10.1. The van der Waals surface area contributed by atoms with Gasteiger partial charge in [-0.1, -0.05) is 12.1 Å². The molecule has 0 aliphatic carbocycles. The van der Waals surface area contributed by atoms with Crippen LogP contribution in [0.1, 0.15) is 11.1 Å². The summed E-state index contributed by atoms with van der Waals surface area (Å²) in [7, 11) is 6.55. The first-order valence-electron chi connectivity index (χ1n) is 12.8. The van der Waals surface area contributed by atoms with Gasteiger partial charge in [0.25, 0.3) is 0 Å². The monoisotopic (exact) mass is 536 g/mol. The Balaban J connectivity index is 0.000000162. The minimum Gasteiger partial charge on any atom is -0.497 e. The molecule has 40 heavy (non-hydrogen) atoms. The van der Waals surface area contributed by atoms with E-state index in [2.05, 4.69) is 42.0 Å². The first kappa shape index (κ1) is 26.6. The molecule has 8 heteroatoms. The normalized spacial score (nSPS) is 10.8. The Hall–Kier alpha value is -4.98. The first-order valence-corrected chi connectivity index (χ1v) is 12.8. The van der Waals surface area contributed by atoms with Gasteiger partial charge in [0.2, 0.25) is 0 Å². The summed E-state index contributed by atoms with van der Waals surface area (Å²) in [5, 5.41) is 0. The fourth-order valence-corrected chi connectivity index (χ4v) is 4.35. The van der Waals surface area contributed by atoms with Crippen LogP contribution in [-0.2, 0) is 0 Å². The van der Waals surface area contributed by atoms with Crippen LogP contribution in [0.3, 0.4) is 0 Å². The van der Waals surface area contributed by atoms with Crippen molar-refractivity contribution < 1.29 is 18.9 Å². The van der Waals surface area contributed by atoms with E-state index in [1.165, 1.54) is 11.1 Å². The SMILES string of the molecule is COc1ccn2cc(-c3ccc(C)c(C)c3)nc2c1.COc1ccn2cc(-c3ccc(OC)c(OC)c3)nc2c1. The van der Waals surface area contributed by atoms with Gasteiger partial charge in [-0.05, 0) is 61.4 Å². The van der Waals surface area contributed by atoms with E-state index in [1.54, 1.807) is 28.4 Å². The lowest BCUT2D eigenvalue weighted by Gasteiger charge is -2.08. The van der Waals surface area contributed by atoms with Crippen molar-refractivity contribution in [1.29, 1.82) is 0 Å². The Morgan fingerprint density at radius 3 is 1.55 bits per heavy atom. The molecule has 0 fully saturated rings. The van der Waals surface area contributed by atoms with Gasteiger partial charge < -0.3 is 27.7 Å². The van der Waals surface area contributed by atoms with Gasteiger partial charge in [-0.25, -0.2) is 9.97 Å². The van der Waals surface area contributed by atoms with Crippen LogP contribution in [0.5, 0.6) is 23.0 Å². The minimum absolute atomic E-state index is 0.685. The molecule has 6 rings (SSSR count). The standard InChI is InChI=1S/C16H16N2O3.C16H16N2O/c1-19-12-6-7-18-10-13(17-16(18)9-12)11-4-5-14(20-2)15(8-11)21-3;1-11-4-5-13(8-12(11)2)15-10-18-7-6-14(19-3)9-16(18)17-15/h4-10H,1-3H3;4-10H,1-3H3. The van der Waals surface area contributed by atoms with Gasteiger partial charge in [0.05, 0.1) is 39.8 Å². The van der Waals surface area contributed by atoms with Crippen LogP contribution in [0, 0.1) is 13.8 Å². The molecule has 0 saturated heterocycles. The molecule has 0 unspecified atom stereocenters. The molecular formula is C32H32N4O4. The van der Waals surface area contributed by atoms with Crippen LogP contribution in [0.4, 0.5) is 0 Å². The van der Waals surface area contributed by atoms with E-state index in [4.69, 9.17) is 18.9 Å². The molecule has 0 atom stereocenters. The van der Waals surface area contributed by atoms with Crippen molar-refractivity contribution in [2.75, 3.05) is 28.4 Å². The third-order valence-corrected chi connectivity index (χ3v) is 6.82. The number of benzene rings is 2. The van der Waals surface area contributed by atoms with Crippen LogP contribution < -0.4 is 18.9 Å². The second-order valence-electron chi connectivity index (χ2n) is 9.29. The Labute approximate surface area is 233 Å². The zero-order valence-electron chi connectivity index (χ0n) is 23.5. The van der Waals surface area contributed by atoms with Gasteiger partial charge in [-0.15, -0.1) is 0 Å². The molecule has 0 N–H and O–H groups in total. The summed E-state index contributed by atoms with van der Waals surface area (Å²) in [5.41, 5.74) is 8.27. The molecule has 4 aromatic heterocycles. The maximum atomic E-state index is 5.33. The van der Waals surface area contributed by atoms with E-state index in [1.807, 2.05) is 76.1 Å². The Morgan fingerprint density at radius 2 is 1.05 bits per heavy atom. The van der Waals surface area contributed by atoms with E-state index in [-0.39, 0.29) is 0 Å². The highest BCUT2D eigenvalue weighted by atomic mass is 16.5. The molecule has 2 aromatic carbocycles. The van der Waals surface area contributed by atoms with Crippen molar-refractivity contribution in [3.05, 3.63) is 96.6 Å². The van der Waals surface area contributed by atoms with Crippen molar-refractivity contribution in [2.24, 2.45) is 0 Å². The molecule has 0 bridgehead atoms. The molecule has 0 spiro atoms. The number of methoxy groups -OCH3 is 4. The molecule has 0 aliphatic heterocycles. The zero-order valence-corrected chi connectivity index (χ0v) is 23.5. The Bertz CT molecular complexity index is 1790. The molecule has 0 radical (unpaired) electrons. The van der Waals surface area contributed by atoms with E-state index >= 15 is 0 Å². The average molecular weight is 537 g/mol. The highest BCUT2D eigenvalue weighted by Crippen LogP contribution is 2.32. The number of hydrogen-bond acceptors (Lipinski definition) is 6. The third-order valence-electron chi connectivity index (χ3n) is 6.82. The molecular weight excluding hydrogens is 504 g/mol. The number of ether oxygens (including phenoxy) is 4. The number of fused-ring (bicyclic) bond motifs is 2. The Kier molecular flexibility index (Phi) is 7.59. The highest BCUT2D eigenvalue weighted by Gasteiger charge is 2.10. The Morgan fingerprint density at radius 1 is 0.525 bits per heavy atom. The van der Waals surface area contributed by atoms with Gasteiger partial charge in [0, 0.05) is 48.0 Å². The van der Waals surface area contributed by atoms with Gasteiger partial charge in [0.15, 0.2) is 11.5 Å². The molecule has 8 nitrogen and oxygen atoms in total. The molecule has 0 amide bonds. The summed E-state index contributed by atoms with van der Waals surface area (Å²) >= 11 is 0. The maximum Gasteiger partial charge on any atom is 0.161 e. The van der Waals surface area contributed by atoms with Crippen LogP contribution in [0.25, 0.3) is 33.8 Å². The number of pyridine rings is 2. The van der Waals surface area contributed by atoms with Crippen LogP contribution in [0.15, 0.2) is 85.5 Å². The molecule has 0 saturated carbocycles. The lowest BCUT2D eigenvalue weighted by molar-refractivity contribution is 0.355. The van der Waals surface area contributed by atoms with Crippen LogP contribution >= 0.6 is 0 Å². The smallest absolute Gasteiger partial charge is 0.161 e. The quantitative estimate of drug-likeness (QED) is 0.237. The molecule has 0 aliphatic rings. The fourth-order valence-electron chi connectivity index (χ4n) is 4.35. The first-order chi connectivity index (χ1) is 19.4. The summed E-state index contributed by atoms with van der Waals surface area (Å²) in [6.07, 6.45) is 7.89. The fraction of sp³-hybridized carbons (Fsp3) is 0.188. The second kappa shape index (κ2) is 11.4. The number of imidazole rings is 2. The van der Waals surface area contributed by atoms with Crippen molar-refractivity contribution in [2.45, 2.75) is 13.8 Å². The van der Waals surface area contributed by atoms with Gasteiger partial charge in [-0.3, -0.25) is 0 Å². The van der Waals surface area contributed by atoms with Crippen molar-refractivity contribution >= 4 is 11.3 Å². The summed E-state index contributed by atoms with van der Waals surface area (Å²) in [5.74, 6) is 2.99. The molecule has 204 valence electrons. The number of aromatic nitrogens is 4. The van der Waals surface area contributed by atoms with Gasteiger partial charge in [0.1, 0.15) is 22.8 Å². The lowest BCUT2D eigenvalue weighted by Crippen LogP contribution is -1.90. The maximum absolute atomic E-state index is 5.33. The largest absolute Gasteiger partial charge is 0.497 e. The topological polar surface area (TPSA) is 71.5 Å². The van der Waals surface area contributed by atoms with Crippen LogP contribution in [0.2, 0.25) is 0 Å². The molecule has 6 aromatic rings. The minimum atomic E-state index is 0.685. The van der Waals surface area contributed by atoms with E-state index in [0.29, 0.717) is 11.5 Å². The zero-order chi connectivity index (χ0) is 28.2. The van der Waals surface area contributed by atoms with E-state index in [0.717, 1.165) is 45.3 Å². The predicted octanol–water partition coefficient (Wildman–Crippen LogP) is 6.65. The number of aryl methyl sites for hydroxylation is 2. The average Bonchev–Trinajstić information content (AvgIpc) is 3.62. The second-order valence-corrected chi connectivity index (χ2v) is 9.29. The predicted molar refractivity (Wildman–Crippen MR) is 157 cm³/mol. The van der Waals surface area contributed by atoms with Crippen LogP contribution in [-0.4, -0.2) is 47.2 Å². The van der Waals surface area contributed by atoms with Crippen molar-refractivity contribution in [1.82, 2.24) is 18.8 Å². The van der Waals surface area contributed by atoms with Crippen molar-refractivity contribution in [3.8, 4) is 45.5 Å². The number of nitrogens with zero attached hydrogens (tertiary/aromatic N) is 4.